The standard InChI is InChI=1S/C19H16N4O3S/c1-11-16(12-5-3-2-4-6-12)17-20-9-13-14(23(17)21-11)7-8-22(18(13)24)15(10-27)19(25)26/h2-9,15,27H,10H2,1H3,(H,25,26). The molecule has 136 valence electrons. The van der Waals surface area contributed by atoms with Gasteiger partial charge in [-0.1, -0.05) is 30.3 Å². The van der Waals surface area contributed by atoms with E-state index in [0.29, 0.717) is 16.6 Å². The molecule has 1 unspecified atom stereocenters. The molecule has 3 aromatic heterocycles. The van der Waals surface area contributed by atoms with Crippen molar-refractivity contribution in [1.29, 1.82) is 0 Å². The monoisotopic (exact) mass is 380 g/mol. The van der Waals surface area contributed by atoms with Crippen molar-refractivity contribution in [2.45, 2.75) is 13.0 Å². The predicted molar refractivity (Wildman–Crippen MR) is 105 cm³/mol. The first-order chi connectivity index (χ1) is 13.0. The van der Waals surface area contributed by atoms with E-state index in [9.17, 15) is 14.7 Å². The Morgan fingerprint density at radius 3 is 2.67 bits per heavy atom. The molecule has 0 saturated carbocycles. The second-order valence-electron chi connectivity index (χ2n) is 6.18. The Morgan fingerprint density at radius 2 is 2.00 bits per heavy atom. The summed E-state index contributed by atoms with van der Waals surface area (Å²) in [5.74, 6) is -1.10. The van der Waals surface area contributed by atoms with Crippen LogP contribution in [0.25, 0.3) is 27.7 Å². The minimum atomic E-state index is -1.11. The molecule has 1 atom stereocenters. The topological polar surface area (TPSA) is 89.5 Å². The molecule has 0 radical (unpaired) electrons. The van der Waals surface area contributed by atoms with Crippen LogP contribution in [0.1, 0.15) is 11.7 Å². The van der Waals surface area contributed by atoms with Crippen molar-refractivity contribution in [1.82, 2.24) is 19.2 Å². The Bertz CT molecular complexity index is 1230. The highest BCUT2D eigenvalue weighted by molar-refractivity contribution is 7.80. The van der Waals surface area contributed by atoms with Gasteiger partial charge in [-0.2, -0.15) is 17.7 Å². The van der Waals surface area contributed by atoms with Crippen molar-refractivity contribution in [3.05, 3.63) is 64.8 Å². The number of thiol groups is 1. The summed E-state index contributed by atoms with van der Waals surface area (Å²) in [7, 11) is 0. The lowest BCUT2D eigenvalue weighted by Gasteiger charge is -2.14. The zero-order chi connectivity index (χ0) is 19.1. The van der Waals surface area contributed by atoms with Crippen LogP contribution >= 0.6 is 12.6 Å². The zero-order valence-electron chi connectivity index (χ0n) is 14.4. The number of benzene rings is 1. The largest absolute Gasteiger partial charge is 0.480 e. The Hall–Kier alpha value is -3.13. The van der Waals surface area contributed by atoms with Gasteiger partial charge in [0.05, 0.1) is 16.6 Å². The highest BCUT2D eigenvalue weighted by Crippen LogP contribution is 2.28. The van der Waals surface area contributed by atoms with Gasteiger partial charge in [-0.05, 0) is 18.6 Å². The molecular weight excluding hydrogens is 364 g/mol. The molecule has 0 saturated heterocycles. The Morgan fingerprint density at radius 1 is 1.26 bits per heavy atom. The number of rotatable bonds is 4. The fraction of sp³-hybridized carbons (Fsp3) is 0.158. The average molecular weight is 380 g/mol. The summed E-state index contributed by atoms with van der Waals surface area (Å²) in [4.78, 5) is 28.7. The van der Waals surface area contributed by atoms with E-state index in [0.717, 1.165) is 16.8 Å². The second-order valence-corrected chi connectivity index (χ2v) is 6.55. The molecule has 3 heterocycles. The summed E-state index contributed by atoms with van der Waals surface area (Å²) >= 11 is 4.05. The van der Waals surface area contributed by atoms with Crippen LogP contribution in [0.15, 0.2) is 53.6 Å². The van der Waals surface area contributed by atoms with Crippen LogP contribution in [0.2, 0.25) is 0 Å². The van der Waals surface area contributed by atoms with Crippen molar-refractivity contribution in [3.63, 3.8) is 0 Å². The number of carboxylic acid groups (broad SMARTS) is 1. The zero-order valence-corrected chi connectivity index (χ0v) is 15.3. The first kappa shape index (κ1) is 17.3. The Kier molecular flexibility index (Phi) is 4.19. The first-order valence-corrected chi connectivity index (χ1v) is 8.94. The number of hydrogen-bond donors (Lipinski definition) is 2. The number of carboxylic acids is 1. The number of aryl methyl sites for hydroxylation is 1. The molecule has 0 bridgehead atoms. The van der Waals surface area contributed by atoms with E-state index >= 15 is 0 Å². The van der Waals surface area contributed by atoms with Gasteiger partial charge in [0.2, 0.25) is 0 Å². The molecule has 1 N–H and O–H groups in total. The summed E-state index contributed by atoms with van der Waals surface area (Å²) < 4.78 is 2.80. The van der Waals surface area contributed by atoms with E-state index in [4.69, 9.17) is 0 Å². The smallest absolute Gasteiger partial charge is 0.327 e. The fourth-order valence-corrected chi connectivity index (χ4v) is 3.60. The van der Waals surface area contributed by atoms with Crippen LogP contribution in [0.5, 0.6) is 0 Å². The second kappa shape index (κ2) is 6.55. The normalized spacial score (nSPS) is 12.5. The predicted octanol–water partition coefficient (Wildman–Crippen LogP) is 2.58. The van der Waals surface area contributed by atoms with Crippen molar-refractivity contribution < 1.29 is 9.90 Å². The summed E-state index contributed by atoms with van der Waals surface area (Å²) in [5.41, 5.74) is 3.48. The molecule has 0 fully saturated rings. The van der Waals surface area contributed by atoms with Crippen LogP contribution in [0.4, 0.5) is 0 Å². The van der Waals surface area contributed by atoms with Gasteiger partial charge >= 0.3 is 5.97 Å². The van der Waals surface area contributed by atoms with Gasteiger partial charge in [-0.25, -0.2) is 14.3 Å². The molecule has 0 amide bonds. The summed E-state index contributed by atoms with van der Waals surface area (Å²) in [5, 5.41) is 14.2. The molecule has 0 aliphatic heterocycles. The Labute approximate surface area is 159 Å². The number of aliphatic carboxylic acids is 1. The summed E-state index contributed by atoms with van der Waals surface area (Å²) in [6, 6.07) is 10.4. The van der Waals surface area contributed by atoms with Crippen LogP contribution in [0.3, 0.4) is 0 Å². The van der Waals surface area contributed by atoms with E-state index < -0.39 is 17.6 Å². The maximum atomic E-state index is 12.8. The number of carbonyl (C=O) groups is 1. The van der Waals surface area contributed by atoms with Crippen LogP contribution < -0.4 is 5.56 Å². The van der Waals surface area contributed by atoms with Crippen molar-refractivity contribution in [2.24, 2.45) is 0 Å². The molecule has 4 aromatic rings. The number of fused-ring (bicyclic) bond motifs is 3. The van der Waals surface area contributed by atoms with Crippen LogP contribution in [-0.4, -0.2) is 36.0 Å². The van der Waals surface area contributed by atoms with Gasteiger partial charge < -0.3 is 5.11 Å². The number of aromatic nitrogens is 4. The molecule has 8 heteroatoms. The molecule has 1 aromatic carbocycles. The van der Waals surface area contributed by atoms with Gasteiger partial charge in [-0.3, -0.25) is 9.36 Å². The number of nitrogens with zero attached hydrogens (tertiary/aromatic N) is 4. The molecule has 7 nitrogen and oxygen atoms in total. The van der Waals surface area contributed by atoms with Crippen molar-refractivity contribution >= 4 is 35.1 Å². The first-order valence-electron chi connectivity index (χ1n) is 8.31. The van der Waals surface area contributed by atoms with Crippen molar-refractivity contribution in [3.8, 4) is 11.1 Å². The van der Waals surface area contributed by atoms with E-state index in [1.165, 1.54) is 17.0 Å². The van der Waals surface area contributed by atoms with Gasteiger partial charge in [0.15, 0.2) is 5.65 Å². The van der Waals surface area contributed by atoms with Gasteiger partial charge in [0.1, 0.15) is 6.04 Å². The molecule has 0 spiro atoms. The quantitative estimate of drug-likeness (QED) is 0.531. The van der Waals surface area contributed by atoms with Gasteiger partial charge in [0, 0.05) is 23.7 Å². The fourth-order valence-electron chi connectivity index (χ4n) is 3.26. The summed E-state index contributed by atoms with van der Waals surface area (Å²) in [6.07, 6.45) is 2.95. The lowest BCUT2D eigenvalue weighted by Crippen LogP contribution is -2.31. The molecule has 0 aliphatic rings. The van der Waals surface area contributed by atoms with Crippen LogP contribution in [-0.2, 0) is 4.79 Å². The van der Waals surface area contributed by atoms with Gasteiger partial charge in [-0.15, -0.1) is 0 Å². The third-order valence-electron chi connectivity index (χ3n) is 4.57. The molecule has 27 heavy (non-hydrogen) atoms. The minimum Gasteiger partial charge on any atom is -0.480 e. The van der Waals surface area contributed by atoms with E-state index in [1.54, 1.807) is 10.6 Å². The van der Waals surface area contributed by atoms with E-state index in [-0.39, 0.29) is 5.75 Å². The number of pyridine rings is 1. The number of hydrogen-bond acceptors (Lipinski definition) is 5. The van der Waals surface area contributed by atoms with Crippen LogP contribution in [0, 0.1) is 6.92 Å². The third-order valence-corrected chi connectivity index (χ3v) is 4.92. The summed E-state index contributed by atoms with van der Waals surface area (Å²) in [6.45, 7) is 1.89. The lowest BCUT2D eigenvalue weighted by atomic mass is 10.1. The highest BCUT2D eigenvalue weighted by Gasteiger charge is 2.21. The molecule has 0 aliphatic carbocycles. The average Bonchev–Trinajstić information content (AvgIpc) is 3.00. The highest BCUT2D eigenvalue weighted by atomic mass is 32.1. The molecule has 4 rings (SSSR count). The maximum absolute atomic E-state index is 12.8. The Balaban J connectivity index is 2.00. The maximum Gasteiger partial charge on any atom is 0.327 e. The van der Waals surface area contributed by atoms with E-state index in [1.807, 2.05) is 37.3 Å². The third kappa shape index (κ3) is 2.69. The van der Waals surface area contributed by atoms with E-state index in [2.05, 4.69) is 22.7 Å². The molecular formula is C19H16N4O3S. The minimum absolute atomic E-state index is 0.00938. The SMILES string of the molecule is Cc1nn2c(ncc3c(=O)n(C(CS)C(=O)O)ccc32)c1-c1ccccc1. The van der Waals surface area contributed by atoms with Gasteiger partial charge in [0.25, 0.3) is 5.56 Å². The van der Waals surface area contributed by atoms with Crippen molar-refractivity contribution in [2.75, 3.05) is 5.75 Å². The lowest BCUT2D eigenvalue weighted by molar-refractivity contribution is -0.140.